The summed E-state index contributed by atoms with van der Waals surface area (Å²) < 4.78 is 0. The molecule has 1 atom stereocenters. The lowest BCUT2D eigenvalue weighted by molar-refractivity contribution is -0.144. The summed E-state index contributed by atoms with van der Waals surface area (Å²) in [4.78, 5) is 26.1. The Bertz CT molecular complexity index is 354. The number of nitrogens with one attached hydrogen (secondary N) is 2. The monoisotopic (exact) mass is 316 g/mol. The summed E-state index contributed by atoms with van der Waals surface area (Å²) in [7, 11) is 0. The molecule has 22 heavy (non-hydrogen) atoms. The summed E-state index contributed by atoms with van der Waals surface area (Å²) in [6.45, 7) is 7.33. The van der Waals surface area contributed by atoms with Crippen molar-refractivity contribution in [2.75, 3.05) is 58.9 Å². The van der Waals surface area contributed by atoms with Crippen LogP contribution >= 0.6 is 0 Å². The van der Waals surface area contributed by atoms with E-state index in [0.29, 0.717) is 32.6 Å². The molecule has 8 heteroatoms. The van der Waals surface area contributed by atoms with Crippen molar-refractivity contribution in [3.63, 3.8) is 0 Å². The molecule has 128 valence electrons. The highest BCUT2D eigenvalue weighted by Gasteiger charge is 2.24. The molecule has 8 nitrogen and oxygen atoms in total. The number of carboxylic acid groups (broad SMARTS) is 2. The molecular weight excluding hydrogens is 288 g/mol. The van der Waals surface area contributed by atoms with Gasteiger partial charge in [-0.05, 0) is 6.42 Å². The van der Waals surface area contributed by atoms with Crippen LogP contribution in [0.1, 0.15) is 13.3 Å². The average Bonchev–Trinajstić information content (AvgIpc) is 2.44. The van der Waals surface area contributed by atoms with Gasteiger partial charge in [-0.1, -0.05) is 6.92 Å². The van der Waals surface area contributed by atoms with Crippen molar-refractivity contribution >= 4 is 11.9 Å². The Labute approximate surface area is 131 Å². The molecule has 0 radical (unpaired) electrons. The van der Waals surface area contributed by atoms with Gasteiger partial charge in [-0.25, -0.2) is 0 Å². The third kappa shape index (κ3) is 7.17. The van der Waals surface area contributed by atoms with Crippen LogP contribution in [0.5, 0.6) is 0 Å². The van der Waals surface area contributed by atoms with E-state index in [1.54, 1.807) is 0 Å². The lowest BCUT2D eigenvalue weighted by atomic mass is 10.2. The predicted molar refractivity (Wildman–Crippen MR) is 83.1 cm³/mol. The minimum atomic E-state index is -0.856. The third-order valence-electron chi connectivity index (χ3n) is 3.83. The van der Waals surface area contributed by atoms with E-state index in [-0.39, 0.29) is 6.54 Å². The van der Waals surface area contributed by atoms with Gasteiger partial charge in [0.1, 0.15) is 6.04 Å². The Morgan fingerprint density at radius 3 is 2.18 bits per heavy atom. The number of nitrogens with zero attached hydrogens (tertiary/aromatic N) is 2. The first kappa shape index (κ1) is 18.8. The zero-order valence-corrected chi connectivity index (χ0v) is 13.3. The van der Waals surface area contributed by atoms with Crippen LogP contribution < -0.4 is 10.6 Å². The van der Waals surface area contributed by atoms with E-state index in [1.807, 2.05) is 16.7 Å². The molecule has 1 unspecified atom stereocenters. The fraction of sp³-hybridized carbons (Fsp3) is 0.857. The Morgan fingerprint density at radius 1 is 1.00 bits per heavy atom. The number of rotatable bonds is 5. The van der Waals surface area contributed by atoms with Crippen LogP contribution in [0.15, 0.2) is 0 Å². The van der Waals surface area contributed by atoms with Gasteiger partial charge in [-0.15, -0.1) is 0 Å². The lowest BCUT2D eigenvalue weighted by Gasteiger charge is -2.31. The zero-order valence-electron chi connectivity index (χ0n) is 13.3. The topological polar surface area (TPSA) is 105 Å². The van der Waals surface area contributed by atoms with Gasteiger partial charge in [-0.2, -0.15) is 0 Å². The molecule has 4 N–H and O–H groups in total. The van der Waals surface area contributed by atoms with Gasteiger partial charge in [0.2, 0.25) is 0 Å². The Morgan fingerprint density at radius 2 is 1.64 bits per heavy atom. The molecule has 0 spiro atoms. The molecule has 1 aliphatic heterocycles. The number of carboxylic acids is 2. The first-order chi connectivity index (χ1) is 10.5. The summed E-state index contributed by atoms with van der Waals surface area (Å²) in [5.41, 5.74) is 0. The van der Waals surface area contributed by atoms with Crippen LogP contribution in [0, 0.1) is 0 Å². The van der Waals surface area contributed by atoms with Crippen LogP contribution in [0.25, 0.3) is 0 Å². The number of carbonyl (C=O) groups is 2. The molecule has 0 aliphatic carbocycles. The molecule has 0 saturated carbocycles. The maximum absolute atomic E-state index is 11.4. The molecule has 1 heterocycles. The second-order valence-corrected chi connectivity index (χ2v) is 5.47. The summed E-state index contributed by atoms with van der Waals surface area (Å²) in [6, 6.07) is -0.519. The first-order valence-corrected chi connectivity index (χ1v) is 7.87. The maximum Gasteiger partial charge on any atom is 0.320 e. The van der Waals surface area contributed by atoms with Crippen LogP contribution in [0.3, 0.4) is 0 Å². The van der Waals surface area contributed by atoms with Crippen LogP contribution in [0.2, 0.25) is 0 Å². The van der Waals surface area contributed by atoms with Crippen molar-refractivity contribution in [3.8, 4) is 0 Å². The van der Waals surface area contributed by atoms with Crippen molar-refractivity contribution in [3.05, 3.63) is 0 Å². The fourth-order valence-corrected chi connectivity index (χ4v) is 2.63. The number of hydrogen-bond donors (Lipinski definition) is 4. The molecule has 0 aromatic carbocycles. The van der Waals surface area contributed by atoms with Gasteiger partial charge in [0, 0.05) is 52.4 Å². The first-order valence-electron chi connectivity index (χ1n) is 7.87. The van der Waals surface area contributed by atoms with Gasteiger partial charge in [0.15, 0.2) is 0 Å². The van der Waals surface area contributed by atoms with Crippen LogP contribution in [-0.4, -0.2) is 96.9 Å². The molecule has 1 aliphatic rings. The van der Waals surface area contributed by atoms with E-state index in [0.717, 1.165) is 26.2 Å². The van der Waals surface area contributed by atoms with E-state index < -0.39 is 18.0 Å². The summed E-state index contributed by atoms with van der Waals surface area (Å²) >= 11 is 0. The smallest absolute Gasteiger partial charge is 0.320 e. The molecule has 0 amide bonds. The van der Waals surface area contributed by atoms with E-state index in [2.05, 4.69) is 10.6 Å². The second kappa shape index (κ2) is 10.5. The second-order valence-electron chi connectivity index (χ2n) is 5.47. The fourth-order valence-electron chi connectivity index (χ4n) is 2.63. The van der Waals surface area contributed by atoms with Crippen LogP contribution in [-0.2, 0) is 9.59 Å². The largest absolute Gasteiger partial charge is 0.480 e. The quantitative estimate of drug-likeness (QED) is 0.498. The minimum absolute atomic E-state index is 0.0162. The molecule has 1 rings (SSSR count). The van der Waals surface area contributed by atoms with Gasteiger partial charge in [0.25, 0.3) is 0 Å². The maximum atomic E-state index is 11.4. The van der Waals surface area contributed by atoms with Crippen molar-refractivity contribution in [2.24, 2.45) is 0 Å². The Hall–Kier alpha value is -1.22. The molecule has 1 fully saturated rings. The Kier molecular flexibility index (Phi) is 8.98. The predicted octanol–water partition coefficient (Wildman–Crippen LogP) is -1.27. The molecule has 0 aromatic rings. The van der Waals surface area contributed by atoms with Crippen LogP contribution in [0.4, 0.5) is 0 Å². The van der Waals surface area contributed by atoms with Gasteiger partial charge in [0.05, 0.1) is 6.54 Å². The third-order valence-corrected chi connectivity index (χ3v) is 3.83. The number of aliphatic carboxylic acids is 2. The van der Waals surface area contributed by atoms with Crippen molar-refractivity contribution < 1.29 is 19.8 Å². The molecule has 1 saturated heterocycles. The Balaban J connectivity index is 2.68. The SMILES string of the molecule is CCC(C(=O)O)N1CCNCCNCCN(CC(=O)O)CC1. The van der Waals surface area contributed by atoms with Gasteiger partial charge < -0.3 is 20.8 Å². The highest BCUT2D eigenvalue weighted by atomic mass is 16.4. The van der Waals surface area contributed by atoms with E-state index in [1.165, 1.54) is 0 Å². The number of hydrogen-bond acceptors (Lipinski definition) is 6. The van der Waals surface area contributed by atoms with E-state index in [9.17, 15) is 14.7 Å². The van der Waals surface area contributed by atoms with Gasteiger partial charge >= 0.3 is 11.9 Å². The van der Waals surface area contributed by atoms with Crippen molar-refractivity contribution in [1.29, 1.82) is 0 Å². The summed E-state index contributed by atoms with van der Waals surface area (Å²) in [5, 5.41) is 24.9. The molecule has 0 bridgehead atoms. The minimum Gasteiger partial charge on any atom is -0.480 e. The highest BCUT2D eigenvalue weighted by molar-refractivity contribution is 5.73. The van der Waals surface area contributed by atoms with Crippen molar-refractivity contribution in [2.45, 2.75) is 19.4 Å². The normalized spacial score (nSPS) is 21.5. The molecular formula is C14H28N4O4. The lowest BCUT2D eigenvalue weighted by Crippen LogP contribution is -2.49. The van der Waals surface area contributed by atoms with Gasteiger partial charge in [-0.3, -0.25) is 19.4 Å². The standard InChI is InChI=1S/C14H28N4O4/c1-2-12(14(21)22)18-8-6-16-4-3-15-5-7-17(9-10-18)11-13(19)20/h12,15-16H,2-11H2,1H3,(H,19,20)(H,21,22). The summed E-state index contributed by atoms with van der Waals surface area (Å²) in [5.74, 6) is -1.67. The van der Waals surface area contributed by atoms with Crippen molar-refractivity contribution in [1.82, 2.24) is 20.4 Å². The average molecular weight is 316 g/mol. The summed E-state index contributed by atoms with van der Waals surface area (Å²) in [6.07, 6.45) is 0.538. The molecule has 0 aromatic heterocycles. The zero-order chi connectivity index (χ0) is 16.4. The van der Waals surface area contributed by atoms with E-state index in [4.69, 9.17) is 5.11 Å². The highest BCUT2D eigenvalue weighted by Crippen LogP contribution is 2.05. The van der Waals surface area contributed by atoms with E-state index >= 15 is 0 Å².